The molecule has 3 aromatic carbocycles. The Labute approximate surface area is 154 Å². The van der Waals surface area contributed by atoms with Crippen molar-refractivity contribution in [2.45, 2.75) is 13.8 Å². The van der Waals surface area contributed by atoms with Crippen LogP contribution < -0.4 is 15.9 Å². The highest BCUT2D eigenvalue weighted by molar-refractivity contribution is 8.08. The molecule has 0 unspecified atom stereocenters. The minimum absolute atomic E-state index is 0.358. The number of benzene rings is 3. The van der Waals surface area contributed by atoms with Crippen LogP contribution in [0.25, 0.3) is 0 Å². The molecule has 0 bridgehead atoms. The fourth-order valence-corrected chi connectivity index (χ4v) is 5.78. The van der Waals surface area contributed by atoms with E-state index in [-0.39, 0.29) is 0 Å². The summed E-state index contributed by atoms with van der Waals surface area (Å²) in [5.41, 5.74) is 3.15. The molecule has 0 saturated carbocycles. The van der Waals surface area contributed by atoms with Crippen LogP contribution in [0.1, 0.15) is 11.1 Å². The topological polar surface area (TPSA) is 29.1 Å². The van der Waals surface area contributed by atoms with Crippen LogP contribution in [0.15, 0.2) is 78.9 Å². The van der Waals surface area contributed by atoms with Crippen LogP contribution in [-0.2, 0) is 4.57 Å². The molecule has 1 N–H and O–H groups in total. The molecule has 0 atom stereocenters. The van der Waals surface area contributed by atoms with Crippen LogP contribution in [0.5, 0.6) is 0 Å². The van der Waals surface area contributed by atoms with Gasteiger partial charge in [-0.3, -0.25) is 0 Å². The molecule has 3 rings (SSSR count). The molecule has 0 aliphatic carbocycles. The summed E-state index contributed by atoms with van der Waals surface area (Å²) < 4.78 is 14.5. The number of aryl methyl sites for hydroxylation is 2. The summed E-state index contributed by atoms with van der Waals surface area (Å²) in [6.07, 6.45) is 0. The molecule has 0 saturated heterocycles. The highest BCUT2D eigenvalue weighted by Crippen LogP contribution is 2.45. The van der Waals surface area contributed by atoms with Gasteiger partial charge in [0, 0.05) is 16.3 Å². The Kier molecular flexibility index (Phi) is 5.17. The molecule has 0 aliphatic rings. The van der Waals surface area contributed by atoms with Crippen molar-refractivity contribution < 1.29 is 4.57 Å². The van der Waals surface area contributed by atoms with Crippen molar-refractivity contribution in [1.29, 1.82) is 0 Å². The lowest BCUT2D eigenvalue weighted by Crippen LogP contribution is -2.26. The van der Waals surface area contributed by atoms with Crippen molar-refractivity contribution in [3.63, 3.8) is 0 Å². The highest BCUT2D eigenvalue weighted by Gasteiger charge is 2.32. The zero-order chi connectivity index (χ0) is 17.9. The van der Waals surface area contributed by atoms with Crippen molar-refractivity contribution in [2.75, 3.05) is 5.32 Å². The van der Waals surface area contributed by atoms with Gasteiger partial charge in [0.15, 0.2) is 7.14 Å². The van der Waals surface area contributed by atoms with Gasteiger partial charge in [0.2, 0.25) is 0 Å². The van der Waals surface area contributed by atoms with Crippen molar-refractivity contribution in [3.8, 4) is 0 Å². The van der Waals surface area contributed by atoms with Gasteiger partial charge in [0.1, 0.15) is 4.73 Å². The van der Waals surface area contributed by atoms with E-state index in [1.165, 1.54) is 5.56 Å². The number of thiocarbonyl (C=S) groups is 1. The van der Waals surface area contributed by atoms with E-state index in [1.807, 2.05) is 86.6 Å². The first-order chi connectivity index (χ1) is 12.0. The molecule has 0 amide bonds. The molecule has 4 heteroatoms. The second kappa shape index (κ2) is 7.35. The van der Waals surface area contributed by atoms with E-state index in [0.717, 1.165) is 21.9 Å². The maximum absolute atomic E-state index is 14.1. The van der Waals surface area contributed by atoms with Crippen LogP contribution in [0.3, 0.4) is 0 Å². The lowest BCUT2D eigenvalue weighted by Gasteiger charge is -2.22. The largest absolute Gasteiger partial charge is 0.343 e. The molecule has 126 valence electrons. The molecular formula is C21H20NOPS. The highest BCUT2D eigenvalue weighted by atomic mass is 32.1. The smallest absolute Gasteiger partial charge is 0.197 e. The quantitative estimate of drug-likeness (QED) is 0.520. The lowest BCUT2D eigenvalue weighted by atomic mass is 10.1. The first-order valence-corrected chi connectivity index (χ1v) is 10.2. The Bertz CT molecular complexity index is 895. The number of rotatable bonds is 4. The number of nitrogens with one attached hydrogen (secondary N) is 1. The van der Waals surface area contributed by atoms with Gasteiger partial charge >= 0.3 is 0 Å². The number of hydrogen-bond acceptors (Lipinski definition) is 2. The van der Waals surface area contributed by atoms with Gasteiger partial charge in [0.25, 0.3) is 0 Å². The average molecular weight is 365 g/mol. The lowest BCUT2D eigenvalue weighted by molar-refractivity contribution is 0.594. The summed E-state index contributed by atoms with van der Waals surface area (Å²) in [5.74, 6) is 0. The van der Waals surface area contributed by atoms with Crippen molar-refractivity contribution >= 4 is 40.4 Å². The average Bonchev–Trinajstić information content (AvgIpc) is 2.64. The molecule has 0 heterocycles. The van der Waals surface area contributed by atoms with E-state index in [4.69, 9.17) is 12.2 Å². The summed E-state index contributed by atoms with van der Waals surface area (Å²) in [7, 11) is -3.09. The first kappa shape index (κ1) is 17.6. The van der Waals surface area contributed by atoms with Crippen LogP contribution in [0.4, 0.5) is 5.69 Å². The van der Waals surface area contributed by atoms with Gasteiger partial charge in [-0.1, -0.05) is 90.6 Å². The number of hydrogen-bond donors (Lipinski definition) is 1. The molecule has 0 aromatic heterocycles. The van der Waals surface area contributed by atoms with Crippen molar-refractivity contribution in [3.05, 3.63) is 90.0 Å². The minimum atomic E-state index is -3.09. The first-order valence-electron chi connectivity index (χ1n) is 8.12. The zero-order valence-corrected chi connectivity index (χ0v) is 16.0. The van der Waals surface area contributed by atoms with Crippen LogP contribution >= 0.6 is 19.4 Å². The van der Waals surface area contributed by atoms with E-state index < -0.39 is 7.14 Å². The fourth-order valence-electron chi connectivity index (χ4n) is 2.81. The predicted octanol–water partition coefficient (Wildman–Crippen LogP) is 5.01. The minimum Gasteiger partial charge on any atom is -0.343 e. The SMILES string of the molecule is Cc1ccc(NC(=S)P(=O)(c2ccccc2)c2ccccc2)c(C)c1. The van der Waals surface area contributed by atoms with E-state index in [1.54, 1.807) is 0 Å². The molecule has 2 nitrogen and oxygen atoms in total. The van der Waals surface area contributed by atoms with Crippen molar-refractivity contribution in [2.24, 2.45) is 0 Å². The summed E-state index contributed by atoms with van der Waals surface area (Å²) in [5, 5.41) is 4.72. The monoisotopic (exact) mass is 365 g/mol. The Hall–Kier alpha value is -2.22. The van der Waals surface area contributed by atoms with E-state index >= 15 is 0 Å². The van der Waals surface area contributed by atoms with Crippen LogP contribution in [0, 0.1) is 13.8 Å². The number of anilines is 1. The molecule has 25 heavy (non-hydrogen) atoms. The Balaban J connectivity index is 2.06. The third-order valence-corrected chi connectivity index (χ3v) is 7.76. The molecule has 0 radical (unpaired) electrons. The van der Waals surface area contributed by atoms with Gasteiger partial charge in [-0.25, -0.2) is 0 Å². The molecular weight excluding hydrogens is 345 g/mol. The second-order valence-corrected chi connectivity index (χ2v) is 9.44. The second-order valence-electron chi connectivity index (χ2n) is 6.03. The maximum Gasteiger partial charge on any atom is 0.197 e. The Morgan fingerprint density at radius 2 is 1.36 bits per heavy atom. The third kappa shape index (κ3) is 3.58. The standard InChI is InChI=1S/C21H20NOPS/c1-16-13-14-20(17(2)15-16)22-21(25)24(23,18-9-5-3-6-10-18)19-11-7-4-8-12-19/h3-15H,1-2H3,(H,22,25). The van der Waals surface area contributed by atoms with Gasteiger partial charge in [-0.2, -0.15) is 0 Å². The molecule has 3 aromatic rings. The molecule has 0 aliphatic heterocycles. The predicted molar refractivity (Wildman–Crippen MR) is 112 cm³/mol. The van der Waals surface area contributed by atoms with Crippen LogP contribution in [0.2, 0.25) is 0 Å². The third-order valence-electron chi connectivity index (χ3n) is 4.15. The maximum atomic E-state index is 14.1. The summed E-state index contributed by atoms with van der Waals surface area (Å²) in [6.45, 7) is 4.07. The Morgan fingerprint density at radius 1 is 0.840 bits per heavy atom. The summed E-state index contributed by atoms with van der Waals surface area (Å²) >= 11 is 5.65. The normalized spacial score (nSPS) is 11.1. The summed E-state index contributed by atoms with van der Waals surface area (Å²) in [4.78, 5) is 0. The van der Waals surface area contributed by atoms with E-state index in [2.05, 4.69) is 11.4 Å². The zero-order valence-electron chi connectivity index (χ0n) is 14.3. The summed E-state index contributed by atoms with van der Waals surface area (Å²) in [6, 6.07) is 25.0. The van der Waals surface area contributed by atoms with Gasteiger partial charge in [-0.15, -0.1) is 0 Å². The van der Waals surface area contributed by atoms with Gasteiger partial charge in [0.05, 0.1) is 0 Å². The van der Waals surface area contributed by atoms with Crippen LogP contribution in [-0.4, -0.2) is 4.73 Å². The van der Waals surface area contributed by atoms with Gasteiger partial charge < -0.3 is 9.88 Å². The molecule has 0 fully saturated rings. The fraction of sp³-hybridized carbons (Fsp3) is 0.0952. The Morgan fingerprint density at radius 3 is 1.84 bits per heavy atom. The molecule has 0 spiro atoms. The van der Waals surface area contributed by atoms with Gasteiger partial charge in [-0.05, 0) is 25.5 Å². The van der Waals surface area contributed by atoms with E-state index in [0.29, 0.717) is 4.73 Å². The van der Waals surface area contributed by atoms with E-state index in [9.17, 15) is 4.57 Å². The van der Waals surface area contributed by atoms with Crippen molar-refractivity contribution in [1.82, 2.24) is 0 Å².